The zero-order valence-electron chi connectivity index (χ0n) is 17.0. The maximum Gasteiger partial charge on any atom is 0.255 e. The minimum atomic E-state index is -3.38. The van der Waals surface area contributed by atoms with Crippen LogP contribution in [0.1, 0.15) is 47.4 Å². The molecule has 0 saturated carbocycles. The Kier molecular flexibility index (Phi) is 6.72. The number of nitrogens with one attached hydrogen (secondary N) is 1. The lowest BCUT2D eigenvalue weighted by atomic mass is 10.0. The fourth-order valence-electron chi connectivity index (χ4n) is 3.15. The van der Waals surface area contributed by atoms with E-state index >= 15 is 0 Å². The molecule has 0 aliphatic rings. The van der Waals surface area contributed by atoms with Gasteiger partial charge in [0.15, 0.2) is 9.84 Å². The van der Waals surface area contributed by atoms with E-state index in [1.165, 1.54) is 6.20 Å². The molecule has 7 nitrogen and oxygen atoms in total. The Morgan fingerprint density at radius 3 is 2.53 bits per heavy atom. The first-order valence-corrected chi connectivity index (χ1v) is 12.2. The summed E-state index contributed by atoms with van der Waals surface area (Å²) in [6.45, 7) is 3.84. The van der Waals surface area contributed by atoms with Crippen molar-refractivity contribution in [1.29, 1.82) is 0 Å². The predicted octanol–water partition coefficient (Wildman–Crippen LogP) is 4.01. The van der Waals surface area contributed by atoms with E-state index in [4.69, 9.17) is 0 Å². The summed E-state index contributed by atoms with van der Waals surface area (Å²) in [7, 11) is -3.38. The molecule has 0 radical (unpaired) electrons. The number of carbonyl (C=O) groups excluding carboxylic acids is 1. The van der Waals surface area contributed by atoms with Gasteiger partial charge in [0.25, 0.3) is 5.91 Å². The van der Waals surface area contributed by atoms with Crippen LogP contribution in [0.3, 0.4) is 0 Å². The number of amides is 1. The van der Waals surface area contributed by atoms with Gasteiger partial charge in [-0.2, -0.15) is 5.10 Å². The third-order valence-electron chi connectivity index (χ3n) is 4.77. The molecular weight excluding hydrogens is 468 g/mol. The molecule has 9 heteroatoms. The van der Waals surface area contributed by atoms with E-state index < -0.39 is 9.84 Å². The number of carbonyl (C=O) groups is 1. The van der Waals surface area contributed by atoms with E-state index in [0.717, 1.165) is 22.8 Å². The van der Waals surface area contributed by atoms with Crippen LogP contribution in [0.15, 0.2) is 58.3 Å². The summed E-state index contributed by atoms with van der Waals surface area (Å²) in [6, 6.07) is 8.86. The van der Waals surface area contributed by atoms with Crippen molar-refractivity contribution in [2.75, 3.05) is 6.26 Å². The molecule has 2 heterocycles. The van der Waals surface area contributed by atoms with E-state index in [2.05, 4.69) is 31.3 Å². The molecule has 2 aromatic heterocycles. The highest BCUT2D eigenvalue weighted by Gasteiger charge is 2.21. The summed E-state index contributed by atoms with van der Waals surface area (Å²) in [5.41, 5.74) is 2.69. The van der Waals surface area contributed by atoms with Crippen LogP contribution in [-0.4, -0.2) is 35.3 Å². The molecule has 1 atom stereocenters. The fourth-order valence-corrected chi connectivity index (χ4v) is 4.02. The van der Waals surface area contributed by atoms with Crippen LogP contribution in [0.2, 0.25) is 0 Å². The number of hydrogen-bond donors (Lipinski definition) is 1. The molecule has 3 aromatic rings. The molecule has 1 unspecified atom stereocenters. The van der Waals surface area contributed by atoms with Crippen LogP contribution in [0.5, 0.6) is 0 Å². The second kappa shape index (κ2) is 9.09. The lowest BCUT2D eigenvalue weighted by molar-refractivity contribution is 0.0933. The molecular formula is C21H23BrN4O3S. The molecule has 1 N–H and O–H groups in total. The Balaban J connectivity index is 1.87. The molecule has 0 aliphatic carbocycles. The van der Waals surface area contributed by atoms with E-state index in [0.29, 0.717) is 23.2 Å². The lowest BCUT2D eigenvalue weighted by Crippen LogP contribution is -2.29. The van der Waals surface area contributed by atoms with Gasteiger partial charge in [-0.05, 0) is 49.2 Å². The predicted molar refractivity (Wildman–Crippen MR) is 118 cm³/mol. The lowest BCUT2D eigenvalue weighted by Gasteiger charge is -2.19. The van der Waals surface area contributed by atoms with Crippen molar-refractivity contribution in [3.8, 4) is 5.69 Å². The normalized spacial score (nSPS) is 12.5. The van der Waals surface area contributed by atoms with Crippen LogP contribution >= 0.6 is 15.9 Å². The summed E-state index contributed by atoms with van der Waals surface area (Å²) in [5, 5.41) is 7.37. The third kappa shape index (κ3) is 4.96. The minimum absolute atomic E-state index is 0.134. The standard InChI is InChI=1S/C21H23BrN4O3S/c1-4-5-20(15-10-18(12-23-11-15)30(3,28)29)25-21(27)19-13-24-26(14(19)2)17-8-6-16(22)7-9-17/h6-13,20H,4-5H2,1-3H3,(H,25,27). The van der Waals surface area contributed by atoms with Gasteiger partial charge in [0.2, 0.25) is 0 Å². The second-order valence-electron chi connectivity index (χ2n) is 7.07. The average molecular weight is 491 g/mol. The van der Waals surface area contributed by atoms with Crippen LogP contribution in [0.25, 0.3) is 5.69 Å². The van der Waals surface area contributed by atoms with Crippen molar-refractivity contribution in [2.45, 2.75) is 37.6 Å². The quantitative estimate of drug-likeness (QED) is 0.539. The Labute approximate surface area is 184 Å². The Bertz CT molecular complexity index is 1160. The molecule has 0 aliphatic heterocycles. The number of pyridine rings is 1. The van der Waals surface area contributed by atoms with Crippen LogP contribution < -0.4 is 5.32 Å². The van der Waals surface area contributed by atoms with E-state index in [-0.39, 0.29) is 16.8 Å². The highest BCUT2D eigenvalue weighted by molar-refractivity contribution is 9.10. The first kappa shape index (κ1) is 22.2. The average Bonchev–Trinajstić information content (AvgIpc) is 3.09. The zero-order chi connectivity index (χ0) is 21.9. The number of hydrogen-bond acceptors (Lipinski definition) is 5. The first-order chi connectivity index (χ1) is 14.2. The van der Waals surface area contributed by atoms with Crippen molar-refractivity contribution in [3.05, 3.63) is 70.2 Å². The number of halogens is 1. The molecule has 0 fully saturated rings. The number of sulfone groups is 1. The number of nitrogens with zero attached hydrogens (tertiary/aromatic N) is 3. The van der Waals surface area contributed by atoms with Crippen LogP contribution in [0, 0.1) is 6.92 Å². The topological polar surface area (TPSA) is 93.9 Å². The molecule has 1 aromatic carbocycles. The summed E-state index contributed by atoms with van der Waals surface area (Å²) in [6.07, 6.45) is 7.05. The van der Waals surface area contributed by atoms with Gasteiger partial charge < -0.3 is 5.32 Å². The number of rotatable bonds is 7. The summed E-state index contributed by atoms with van der Waals surface area (Å²) < 4.78 is 26.4. The molecule has 1 amide bonds. The van der Waals surface area contributed by atoms with Crippen molar-refractivity contribution < 1.29 is 13.2 Å². The van der Waals surface area contributed by atoms with Gasteiger partial charge in [0.05, 0.1) is 34.1 Å². The van der Waals surface area contributed by atoms with Crippen molar-refractivity contribution in [2.24, 2.45) is 0 Å². The minimum Gasteiger partial charge on any atom is -0.345 e. The van der Waals surface area contributed by atoms with Gasteiger partial charge in [0, 0.05) is 23.1 Å². The van der Waals surface area contributed by atoms with Crippen molar-refractivity contribution in [3.63, 3.8) is 0 Å². The van der Waals surface area contributed by atoms with Gasteiger partial charge in [0.1, 0.15) is 0 Å². The Morgan fingerprint density at radius 1 is 1.20 bits per heavy atom. The van der Waals surface area contributed by atoms with Gasteiger partial charge in [-0.25, -0.2) is 13.1 Å². The van der Waals surface area contributed by atoms with E-state index in [1.54, 1.807) is 23.1 Å². The number of aromatic nitrogens is 3. The smallest absolute Gasteiger partial charge is 0.255 e. The third-order valence-corrected chi connectivity index (χ3v) is 6.38. The zero-order valence-corrected chi connectivity index (χ0v) is 19.4. The maximum absolute atomic E-state index is 13.0. The first-order valence-electron chi connectivity index (χ1n) is 9.47. The largest absolute Gasteiger partial charge is 0.345 e. The SMILES string of the molecule is CCCC(NC(=O)c1cnn(-c2ccc(Br)cc2)c1C)c1cncc(S(C)(=O)=O)c1. The van der Waals surface area contributed by atoms with E-state index in [1.807, 2.05) is 38.1 Å². The van der Waals surface area contributed by atoms with Gasteiger partial charge in [-0.15, -0.1) is 0 Å². The molecule has 30 heavy (non-hydrogen) atoms. The molecule has 3 rings (SSSR count). The maximum atomic E-state index is 13.0. The van der Waals surface area contributed by atoms with E-state index in [9.17, 15) is 13.2 Å². The highest BCUT2D eigenvalue weighted by Crippen LogP contribution is 2.22. The molecule has 0 spiro atoms. The van der Waals surface area contributed by atoms with Gasteiger partial charge >= 0.3 is 0 Å². The van der Waals surface area contributed by atoms with Gasteiger partial charge in [-0.1, -0.05) is 29.3 Å². The molecule has 0 saturated heterocycles. The Hall–Kier alpha value is -2.52. The van der Waals surface area contributed by atoms with Crippen LogP contribution in [-0.2, 0) is 9.84 Å². The summed E-state index contributed by atoms with van der Waals surface area (Å²) in [4.78, 5) is 17.2. The van der Waals surface area contributed by atoms with Crippen LogP contribution in [0.4, 0.5) is 0 Å². The fraction of sp³-hybridized carbons (Fsp3) is 0.286. The summed E-state index contributed by atoms with van der Waals surface area (Å²) in [5.74, 6) is -0.265. The second-order valence-corrected chi connectivity index (χ2v) is 10.0. The number of benzene rings is 1. The van der Waals surface area contributed by atoms with Gasteiger partial charge in [-0.3, -0.25) is 9.78 Å². The van der Waals surface area contributed by atoms with Crippen molar-refractivity contribution >= 4 is 31.7 Å². The molecule has 0 bridgehead atoms. The monoisotopic (exact) mass is 490 g/mol. The van der Waals surface area contributed by atoms with Crippen molar-refractivity contribution in [1.82, 2.24) is 20.1 Å². The molecule has 158 valence electrons. The highest BCUT2D eigenvalue weighted by atomic mass is 79.9. The Morgan fingerprint density at radius 2 is 1.90 bits per heavy atom. The summed E-state index contributed by atoms with van der Waals surface area (Å²) >= 11 is 3.41.